The van der Waals surface area contributed by atoms with E-state index in [0.29, 0.717) is 16.9 Å². The van der Waals surface area contributed by atoms with E-state index in [1.165, 1.54) is 0 Å². The standard InChI is InChI=1S/C31H37IN2O4/c1-16-10-12-21(14-18(16)3)23-20(5)24(22-13-11-17(2)19(4)15-22)27(34-30(32)37)26(33-9)25(23)28(29(35)36)38-31(6,7)8/h10-15,28,33H,1-9H3,(H,34,37)(H,35,36). The van der Waals surface area contributed by atoms with Gasteiger partial charge in [-0.2, -0.15) is 0 Å². The summed E-state index contributed by atoms with van der Waals surface area (Å²) >= 11 is 1.71. The zero-order valence-corrected chi connectivity index (χ0v) is 25.7. The van der Waals surface area contributed by atoms with Gasteiger partial charge in [0.2, 0.25) is 0 Å². The molecule has 0 fully saturated rings. The van der Waals surface area contributed by atoms with Gasteiger partial charge in [-0.25, -0.2) is 4.79 Å². The molecule has 3 aromatic carbocycles. The van der Waals surface area contributed by atoms with Gasteiger partial charge in [0.1, 0.15) is 0 Å². The highest BCUT2D eigenvalue weighted by atomic mass is 127. The maximum absolute atomic E-state index is 12.8. The van der Waals surface area contributed by atoms with Crippen molar-refractivity contribution in [2.24, 2.45) is 0 Å². The molecule has 0 saturated heterocycles. The first-order valence-corrected chi connectivity index (χ1v) is 13.6. The lowest BCUT2D eigenvalue weighted by Crippen LogP contribution is -2.29. The third-order valence-corrected chi connectivity index (χ3v) is 7.08. The van der Waals surface area contributed by atoms with Crippen molar-refractivity contribution in [1.82, 2.24) is 0 Å². The van der Waals surface area contributed by atoms with Crippen LogP contribution in [0.2, 0.25) is 0 Å². The molecule has 0 saturated carbocycles. The number of hydrogen-bond acceptors (Lipinski definition) is 4. The Morgan fingerprint density at radius 2 is 1.34 bits per heavy atom. The van der Waals surface area contributed by atoms with Crippen molar-refractivity contribution in [1.29, 1.82) is 0 Å². The molecule has 3 rings (SSSR count). The summed E-state index contributed by atoms with van der Waals surface area (Å²) in [6.45, 7) is 15.7. The Hall–Kier alpha value is -2.91. The second-order valence-electron chi connectivity index (χ2n) is 10.7. The number of anilines is 2. The first-order valence-electron chi connectivity index (χ1n) is 12.6. The summed E-state index contributed by atoms with van der Waals surface area (Å²) in [6, 6.07) is 12.3. The van der Waals surface area contributed by atoms with E-state index in [0.717, 1.165) is 50.1 Å². The molecule has 0 aromatic heterocycles. The van der Waals surface area contributed by atoms with Crippen LogP contribution in [0.25, 0.3) is 22.3 Å². The van der Waals surface area contributed by atoms with Crippen LogP contribution in [0, 0.1) is 34.6 Å². The molecule has 0 aliphatic carbocycles. The van der Waals surface area contributed by atoms with E-state index in [1.807, 2.05) is 59.7 Å². The number of carbonyl (C=O) groups excluding carboxylic acids is 1. The number of carboxylic acids is 1. The summed E-state index contributed by atoms with van der Waals surface area (Å²) in [7, 11) is 1.74. The molecule has 0 spiro atoms. The van der Waals surface area contributed by atoms with Crippen LogP contribution in [0.1, 0.15) is 60.3 Å². The highest BCUT2D eigenvalue weighted by Gasteiger charge is 2.35. The van der Waals surface area contributed by atoms with Gasteiger partial charge in [-0.3, -0.25) is 4.79 Å². The van der Waals surface area contributed by atoms with E-state index < -0.39 is 17.7 Å². The van der Waals surface area contributed by atoms with Gasteiger partial charge in [0, 0.05) is 40.8 Å². The average molecular weight is 629 g/mol. The van der Waals surface area contributed by atoms with E-state index >= 15 is 0 Å². The van der Waals surface area contributed by atoms with Crippen LogP contribution in [0.4, 0.5) is 16.2 Å². The summed E-state index contributed by atoms with van der Waals surface area (Å²) in [4.78, 5) is 25.3. The molecule has 1 amide bonds. The van der Waals surface area contributed by atoms with E-state index in [9.17, 15) is 14.7 Å². The van der Waals surface area contributed by atoms with Crippen molar-refractivity contribution in [2.75, 3.05) is 17.7 Å². The second-order valence-corrected chi connectivity index (χ2v) is 11.7. The Labute approximate surface area is 239 Å². The van der Waals surface area contributed by atoms with E-state index in [2.05, 4.69) is 42.7 Å². The molecule has 0 bridgehead atoms. The first kappa shape index (κ1) is 29.6. The number of aryl methyl sites for hydroxylation is 4. The molecule has 6 nitrogen and oxygen atoms in total. The molecular formula is C31H37IN2O4. The number of benzene rings is 3. The summed E-state index contributed by atoms with van der Waals surface area (Å²) in [5.74, 6) is -1.11. The maximum atomic E-state index is 12.8. The van der Waals surface area contributed by atoms with Gasteiger partial charge < -0.3 is 20.5 Å². The Kier molecular flexibility index (Phi) is 8.93. The molecule has 202 valence electrons. The van der Waals surface area contributed by atoms with Crippen LogP contribution in [-0.4, -0.2) is 27.6 Å². The Bertz CT molecular complexity index is 1410. The largest absolute Gasteiger partial charge is 0.479 e. The zero-order chi connectivity index (χ0) is 28.5. The third-order valence-electron chi connectivity index (χ3n) is 6.81. The van der Waals surface area contributed by atoms with E-state index in [-0.39, 0.29) is 3.91 Å². The lowest BCUT2D eigenvalue weighted by atomic mass is 9.83. The number of hydrogen-bond donors (Lipinski definition) is 3. The van der Waals surface area contributed by atoms with Crippen LogP contribution in [0.5, 0.6) is 0 Å². The minimum atomic E-state index is -1.29. The minimum absolute atomic E-state index is 0.280. The fourth-order valence-corrected chi connectivity index (χ4v) is 5.03. The highest BCUT2D eigenvalue weighted by molar-refractivity contribution is 14.1. The minimum Gasteiger partial charge on any atom is -0.479 e. The van der Waals surface area contributed by atoms with Crippen LogP contribution < -0.4 is 10.6 Å². The molecule has 7 heteroatoms. The van der Waals surface area contributed by atoms with Gasteiger partial charge in [-0.05, 0) is 99.9 Å². The Morgan fingerprint density at radius 1 is 0.842 bits per heavy atom. The van der Waals surface area contributed by atoms with Crippen molar-refractivity contribution >= 4 is 43.8 Å². The number of aliphatic carboxylic acids is 1. The van der Waals surface area contributed by atoms with Crippen LogP contribution in [-0.2, 0) is 9.53 Å². The molecule has 0 aliphatic heterocycles. The topological polar surface area (TPSA) is 87.7 Å². The molecule has 3 aromatic rings. The lowest BCUT2D eigenvalue weighted by molar-refractivity contribution is -0.160. The maximum Gasteiger partial charge on any atom is 0.337 e. The number of carbonyl (C=O) groups is 2. The molecule has 0 radical (unpaired) electrons. The van der Waals surface area contributed by atoms with Crippen molar-refractivity contribution in [3.8, 4) is 22.3 Å². The number of halogens is 1. The van der Waals surface area contributed by atoms with Crippen molar-refractivity contribution in [3.05, 3.63) is 69.8 Å². The molecule has 1 atom stereocenters. The predicted octanol–water partition coefficient (Wildman–Crippen LogP) is 8.51. The summed E-state index contributed by atoms with van der Waals surface area (Å²) in [5.41, 5.74) is 9.59. The summed E-state index contributed by atoms with van der Waals surface area (Å²) in [5, 5.41) is 16.7. The fraction of sp³-hybridized carbons (Fsp3) is 0.355. The molecule has 38 heavy (non-hydrogen) atoms. The van der Waals surface area contributed by atoms with Crippen molar-refractivity contribution in [3.63, 3.8) is 0 Å². The van der Waals surface area contributed by atoms with Gasteiger partial charge in [0.05, 0.1) is 17.0 Å². The number of nitrogens with one attached hydrogen (secondary N) is 2. The smallest absolute Gasteiger partial charge is 0.337 e. The van der Waals surface area contributed by atoms with Crippen LogP contribution >= 0.6 is 22.6 Å². The number of rotatable bonds is 7. The third kappa shape index (κ3) is 6.21. The van der Waals surface area contributed by atoms with Gasteiger partial charge >= 0.3 is 5.97 Å². The average Bonchev–Trinajstić information content (AvgIpc) is 2.80. The normalized spacial score (nSPS) is 12.3. The number of amides is 1. The monoisotopic (exact) mass is 628 g/mol. The van der Waals surface area contributed by atoms with Crippen LogP contribution in [0.3, 0.4) is 0 Å². The predicted molar refractivity (Wildman–Crippen MR) is 165 cm³/mol. The van der Waals surface area contributed by atoms with Gasteiger partial charge in [0.25, 0.3) is 3.91 Å². The number of carboxylic acid groups (broad SMARTS) is 1. The highest BCUT2D eigenvalue weighted by Crippen LogP contribution is 2.50. The first-order chi connectivity index (χ1) is 17.7. The molecule has 3 N–H and O–H groups in total. The lowest BCUT2D eigenvalue weighted by Gasteiger charge is -2.31. The van der Waals surface area contributed by atoms with E-state index in [1.54, 1.807) is 29.6 Å². The van der Waals surface area contributed by atoms with Crippen LogP contribution in [0.15, 0.2) is 36.4 Å². The van der Waals surface area contributed by atoms with Crippen molar-refractivity contribution in [2.45, 2.75) is 67.1 Å². The van der Waals surface area contributed by atoms with Crippen molar-refractivity contribution < 1.29 is 19.4 Å². The second kappa shape index (κ2) is 11.5. The quantitative estimate of drug-likeness (QED) is 0.139. The molecule has 1 unspecified atom stereocenters. The Morgan fingerprint density at radius 3 is 1.74 bits per heavy atom. The molecular weight excluding hydrogens is 591 g/mol. The van der Waals surface area contributed by atoms with Gasteiger partial charge in [-0.1, -0.05) is 36.4 Å². The summed E-state index contributed by atoms with van der Waals surface area (Å²) in [6.07, 6.45) is -1.29. The molecule has 0 aliphatic rings. The Balaban J connectivity index is 2.61. The van der Waals surface area contributed by atoms with Gasteiger partial charge in [-0.15, -0.1) is 0 Å². The van der Waals surface area contributed by atoms with Gasteiger partial charge in [0.15, 0.2) is 6.10 Å². The fourth-order valence-electron chi connectivity index (χ4n) is 4.76. The SMILES string of the molecule is CNc1c(NC(=O)I)c(-c2ccc(C)c(C)c2)c(C)c(-c2ccc(C)c(C)c2)c1C(OC(C)(C)C)C(=O)O. The number of ether oxygens (including phenoxy) is 1. The zero-order valence-electron chi connectivity index (χ0n) is 23.6. The molecule has 0 heterocycles. The summed E-state index contributed by atoms with van der Waals surface area (Å²) < 4.78 is 5.90. The van der Waals surface area contributed by atoms with E-state index in [4.69, 9.17) is 4.74 Å².